The third-order valence-electron chi connectivity index (χ3n) is 4.61. The fourth-order valence-corrected chi connectivity index (χ4v) is 5.02. The van der Waals surface area contributed by atoms with Gasteiger partial charge in [-0.15, -0.1) is 0 Å². The topological polar surface area (TPSA) is 40.6 Å². The molecule has 1 fully saturated rings. The zero-order valence-corrected chi connectivity index (χ0v) is 15.5. The van der Waals surface area contributed by atoms with Crippen molar-refractivity contribution < 1.29 is 12.8 Å². The molecule has 25 heavy (non-hydrogen) atoms. The summed E-state index contributed by atoms with van der Waals surface area (Å²) in [5.74, 6) is -0.260. The number of benzene rings is 2. The molecule has 2 aromatic rings. The zero-order valence-electron chi connectivity index (χ0n) is 13.9. The number of rotatable bonds is 4. The van der Waals surface area contributed by atoms with Crippen LogP contribution in [0.3, 0.4) is 0 Å². The number of hydrogen-bond acceptors (Lipinski definition) is 3. The van der Waals surface area contributed by atoms with Crippen LogP contribution in [0.2, 0.25) is 5.02 Å². The van der Waals surface area contributed by atoms with Crippen LogP contribution in [0.25, 0.3) is 0 Å². The van der Waals surface area contributed by atoms with Crippen molar-refractivity contribution in [2.75, 3.05) is 26.2 Å². The van der Waals surface area contributed by atoms with Crippen molar-refractivity contribution in [2.24, 2.45) is 0 Å². The van der Waals surface area contributed by atoms with Crippen molar-refractivity contribution in [3.05, 3.63) is 64.9 Å². The Morgan fingerprint density at radius 3 is 2.36 bits per heavy atom. The first-order chi connectivity index (χ1) is 11.9. The van der Waals surface area contributed by atoms with Crippen LogP contribution >= 0.6 is 11.6 Å². The molecule has 4 nitrogen and oxygen atoms in total. The summed E-state index contributed by atoms with van der Waals surface area (Å²) in [5.41, 5.74) is 0.891. The number of piperazine rings is 1. The van der Waals surface area contributed by atoms with Crippen LogP contribution in [0.15, 0.2) is 53.4 Å². The van der Waals surface area contributed by atoms with Crippen LogP contribution in [-0.4, -0.2) is 43.8 Å². The Morgan fingerprint density at radius 2 is 1.72 bits per heavy atom. The SMILES string of the molecule is C[C@@H](c1cccc(F)c1)N1CCN(S(=O)(=O)c2ccccc2Cl)CC1. The lowest BCUT2D eigenvalue weighted by Gasteiger charge is -2.37. The van der Waals surface area contributed by atoms with Gasteiger partial charge in [-0.1, -0.05) is 35.9 Å². The first-order valence-corrected chi connectivity index (χ1v) is 9.95. The minimum absolute atomic E-state index is 0.0286. The Bertz CT molecular complexity index is 852. The highest BCUT2D eigenvalue weighted by molar-refractivity contribution is 7.89. The molecule has 134 valence electrons. The van der Waals surface area contributed by atoms with E-state index in [-0.39, 0.29) is 21.8 Å². The van der Waals surface area contributed by atoms with Gasteiger partial charge in [0.15, 0.2) is 0 Å². The summed E-state index contributed by atoms with van der Waals surface area (Å²) in [6.45, 7) is 3.94. The fraction of sp³-hybridized carbons (Fsp3) is 0.333. The first-order valence-electron chi connectivity index (χ1n) is 8.14. The lowest BCUT2D eigenvalue weighted by atomic mass is 10.1. The monoisotopic (exact) mass is 382 g/mol. The van der Waals surface area contributed by atoms with E-state index < -0.39 is 10.0 Å². The maximum Gasteiger partial charge on any atom is 0.244 e. The maximum absolute atomic E-state index is 13.4. The predicted octanol–water partition coefficient (Wildman–Crippen LogP) is 3.55. The number of hydrogen-bond donors (Lipinski definition) is 0. The van der Waals surface area contributed by atoms with Gasteiger partial charge in [-0.3, -0.25) is 4.90 Å². The van der Waals surface area contributed by atoms with E-state index in [0.29, 0.717) is 26.2 Å². The molecular formula is C18H20ClFN2O2S. The van der Waals surface area contributed by atoms with Crippen molar-refractivity contribution in [2.45, 2.75) is 17.9 Å². The molecule has 1 aliphatic heterocycles. The molecule has 0 radical (unpaired) electrons. The van der Waals surface area contributed by atoms with E-state index in [2.05, 4.69) is 4.90 Å². The summed E-state index contributed by atoms with van der Waals surface area (Å²) in [6, 6.07) is 13.0. The van der Waals surface area contributed by atoms with Crippen LogP contribution in [-0.2, 0) is 10.0 Å². The largest absolute Gasteiger partial charge is 0.294 e. The zero-order chi connectivity index (χ0) is 18.0. The molecule has 0 saturated carbocycles. The summed E-state index contributed by atoms with van der Waals surface area (Å²) >= 11 is 6.05. The molecule has 0 aliphatic carbocycles. The Hall–Kier alpha value is -1.47. The number of nitrogens with zero attached hydrogens (tertiary/aromatic N) is 2. The van der Waals surface area contributed by atoms with Crippen molar-refractivity contribution >= 4 is 21.6 Å². The molecule has 1 aliphatic rings. The highest BCUT2D eigenvalue weighted by atomic mass is 35.5. The summed E-state index contributed by atoms with van der Waals surface area (Å²) in [7, 11) is -3.60. The van der Waals surface area contributed by atoms with Gasteiger partial charge in [0.2, 0.25) is 10.0 Å². The van der Waals surface area contributed by atoms with E-state index in [4.69, 9.17) is 11.6 Å². The normalized spacial score (nSPS) is 18.2. The fourth-order valence-electron chi connectivity index (χ4n) is 3.10. The average Bonchev–Trinajstić information content (AvgIpc) is 2.61. The van der Waals surface area contributed by atoms with E-state index in [0.717, 1.165) is 5.56 Å². The molecule has 7 heteroatoms. The summed E-state index contributed by atoms with van der Waals surface area (Å²) in [6.07, 6.45) is 0. The minimum atomic E-state index is -3.60. The molecule has 0 amide bonds. The van der Waals surface area contributed by atoms with Crippen molar-refractivity contribution in [3.8, 4) is 0 Å². The Balaban J connectivity index is 1.70. The lowest BCUT2D eigenvalue weighted by Crippen LogP contribution is -2.49. The Labute approximate surface area is 152 Å². The van der Waals surface area contributed by atoms with E-state index in [1.165, 1.54) is 22.5 Å². The average molecular weight is 383 g/mol. The van der Waals surface area contributed by atoms with Gasteiger partial charge in [0, 0.05) is 32.2 Å². The second-order valence-corrected chi connectivity index (χ2v) is 8.42. The molecule has 1 heterocycles. The van der Waals surface area contributed by atoms with Crippen LogP contribution in [0.4, 0.5) is 4.39 Å². The highest BCUT2D eigenvalue weighted by Gasteiger charge is 2.31. The number of halogens is 2. The lowest BCUT2D eigenvalue weighted by molar-refractivity contribution is 0.145. The first kappa shape index (κ1) is 18.3. The van der Waals surface area contributed by atoms with Gasteiger partial charge in [0.1, 0.15) is 10.7 Å². The summed E-state index contributed by atoms with van der Waals surface area (Å²) in [5, 5.41) is 0.234. The molecule has 2 aromatic carbocycles. The molecule has 1 atom stereocenters. The van der Waals surface area contributed by atoms with Gasteiger partial charge in [-0.25, -0.2) is 12.8 Å². The minimum Gasteiger partial charge on any atom is -0.294 e. The standard InChI is InChI=1S/C18H20ClFN2O2S/c1-14(15-5-4-6-16(20)13-15)21-9-11-22(12-10-21)25(23,24)18-8-3-2-7-17(18)19/h2-8,13-14H,9-12H2,1H3/t14-/m0/s1. The second-order valence-electron chi connectivity index (χ2n) is 6.10. The molecule has 0 N–H and O–H groups in total. The van der Waals surface area contributed by atoms with E-state index >= 15 is 0 Å². The molecule has 1 saturated heterocycles. The molecule has 0 unspecified atom stereocenters. The molecular weight excluding hydrogens is 363 g/mol. The third-order valence-corrected chi connectivity index (χ3v) is 7.00. The molecule has 3 rings (SSSR count). The Kier molecular flexibility index (Phi) is 5.43. The highest BCUT2D eigenvalue weighted by Crippen LogP contribution is 2.27. The van der Waals surface area contributed by atoms with E-state index in [1.54, 1.807) is 24.3 Å². The number of sulfonamides is 1. The van der Waals surface area contributed by atoms with Gasteiger partial charge < -0.3 is 0 Å². The third kappa shape index (κ3) is 3.87. The van der Waals surface area contributed by atoms with Gasteiger partial charge >= 0.3 is 0 Å². The van der Waals surface area contributed by atoms with Crippen LogP contribution in [0, 0.1) is 5.82 Å². The summed E-state index contributed by atoms with van der Waals surface area (Å²) < 4.78 is 40.4. The molecule has 0 bridgehead atoms. The smallest absolute Gasteiger partial charge is 0.244 e. The molecule has 0 aromatic heterocycles. The predicted molar refractivity (Wildman–Crippen MR) is 96.6 cm³/mol. The van der Waals surface area contributed by atoms with Gasteiger partial charge in [0.25, 0.3) is 0 Å². The van der Waals surface area contributed by atoms with Crippen molar-refractivity contribution in [1.29, 1.82) is 0 Å². The van der Waals surface area contributed by atoms with Gasteiger partial charge in [-0.05, 0) is 36.8 Å². The van der Waals surface area contributed by atoms with Gasteiger partial charge in [0.05, 0.1) is 5.02 Å². The van der Waals surface area contributed by atoms with Gasteiger partial charge in [-0.2, -0.15) is 4.31 Å². The molecule has 0 spiro atoms. The van der Waals surface area contributed by atoms with Crippen molar-refractivity contribution in [1.82, 2.24) is 9.21 Å². The van der Waals surface area contributed by atoms with E-state index in [9.17, 15) is 12.8 Å². The maximum atomic E-state index is 13.4. The summed E-state index contributed by atoms with van der Waals surface area (Å²) in [4.78, 5) is 2.30. The van der Waals surface area contributed by atoms with Crippen LogP contribution in [0.5, 0.6) is 0 Å². The van der Waals surface area contributed by atoms with Crippen LogP contribution in [0.1, 0.15) is 18.5 Å². The van der Waals surface area contributed by atoms with Crippen LogP contribution < -0.4 is 0 Å². The van der Waals surface area contributed by atoms with E-state index in [1.807, 2.05) is 13.0 Å². The van der Waals surface area contributed by atoms with Crippen molar-refractivity contribution in [3.63, 3.8) is 0 Å². The Morgan fingerprint density at radius 1 is 1.04 bits per heavy atom. The second kappa shape index (κ2) is 7.41. The quantitative estimate of drug-likeness (QED) is 0.812.